The molecule has 196 valence electrons. The number of hydrogen-bond acceptors (Lipinski definition) is 5. The molecule has 10 heteroatoms. The van der Waals surface area contributed by atoms with E-state index in [2.05, 4.69) is 10.3 Å². The molecule has 2 heterocycles. The Morgan fingerprint density at radius 2 is 1.49 bits per heavy atom. The maximum absolute atomic E-state index is 14.1. The summed E-state index contributed by atoms with van der Waals surface area (Å²) in [6.45, 7) is 0. The van der Waals surface area contributed by atoms with Gasteiger partial charge in [-0.1, -0.05) is 60.7 Å². The lowest BCUT2D eigenvalue weighted by Gasteiger charge is -2.33. The Morgan fingerprint density at radius 3 is 1.95 bits per heavy atom. The number of pyridine rings is 1. The predicted molar refractivity (Wildman–Crippen MR) is 136 cm³/mol. The number of carbonyl (C=O) groups excluding carboxylic acids is 1. The van der Waals surface area contributed by atoms with Crippen LogP contribution in [-0.2, 0) is 14.6 Å². The van der Waals surface area contributed by atoms with Crippen molar-refractivity contribution in [3.05, 3.63) is 95.8 Å². The standard InChI is InChI=1S/C27H28F3N3O3S/c1-33(26(34)21-14-16-37(35,36)17-15-21)25(27(28,29)30)23-13-12-22(18-31-23)32-24(19-8-4-2-5-9-19)20-10-6-3-7-11-20/h2-13,18,21,24-25,32H,14-17H2,1H3/t25-/m0/s1. The number of aromatic nitrogens is 1. The minimum absolute atomic E-state index is 0.0206. The Bertz CT molecular complexity index is 1250. The molecule has 1 amide bonds. The van der Waals surface area contributed by atoms with Gasteiger partial charge in [-0.05, 0) is 36.1 Å². The van der Waals surface area contributed by atoms with Crippen LogP contribution in [0.15, 0.2) is 79.0 Å². The van der Waals surface area contributed by atoms with E-state index in [1.165, 1.54) is 18.3 Å². The molecule has 0 aliphatic carbocycles. The zero-order valence-corrected chi connectivity index (χ0v) is 21.0. The smallest absolute Gasteiger partial charge is 0.373 e. The largest absolute Gasteiger partial charge is 0.414 e. The lowest BCUT2D eigenvalue weighted by atomic mass is 9.98. The molecule has 0 radical (unpaired) electrons. The van der Waals surface area contributed by atoms with Gasteiger partial charge < -0.3 is 10.2 Å². The second-order valence-electron chi connectivity index (χ2n) is 9.19. The van der Waals surface area contributed by atoms with Gasteiger partial charge in [0.05, 0.1) is 35.1 Å². The first-order chi connectivity index (χ1) is 17.5. The SMILES string of the molecule is CN(C(=O)C1CCS(=O)(=O)CC1)[C@@H](c1ccc(NC(c2ccccc2)c2ccccc2)cn1)C(F)(F)F. The first-order valence-electron chi connectivity index (χ1n) is 11.9. The fourth-order valence-electron chi connectivity index (χ4n) is 4.61. The molecule has 1 aromatic heterocycles. The number of halogens is 3. The number of nitrogens with zero attached hydrogens (tertiary/aromatic N) is 2. The molecule has 1 fully saturated rings. The first kappa shape index (κ1) is 26.7. The summed E-state index contributed by atoms with van der Waals surface area (Å²) >= 11 is 0. The van der Waals surface area contributed by atoms with Gasteiger partial charge in [-0.25, -0.2) is 8.42 Å². The maximum Gasteiger partial charge on any atom is 0.414 e. The zero-order chi connectivity index (χ0) is 26.6. The molecular weight excluding hydrogens is 503 g/mol. The highest BCUT2D eigenvalue weighted by Crippen LogP contribution is 2.38. The van der Waals surface area contributed by atoms with Gasteiger partial charge in [-0.15, -0.1) is 0 Å². The molecule has 6 nitrogen and oxygen atoms in total. The fraction of sp³-hybridized carbons (Fsp3) is 0.333. The number of amides is 1. The van der Waals surface area contributed by atoms with E-state index in [1.54, 1.807) is 0 Å². The first-order valence-corrected chi connectivity index (χ1v) is 13.7. The van der Waals surface area contributed by atoms with E-state index in [9.17, 15) is 26.4 Å². The summed E-state index contributed by atoms with van der Waals surface area (Å²) in [5.74, 6) is -1.89. The van der Waals surface area contributed by atoms with Gasteiger partial charge in [-0.2, -0.15) is 13.2 Å². The fourth-order valence-corrected chi connectivity index (χ4v) is 6.10. The van der Waals surface area contributed by atoms with E-state index in [4.69, 9.17) is 0 Å². The molecule has 0 saturated carbocycles. The van der Waals surface area contributed by atoms with E-state index in [1.807, 2.05) is 60.7 Å². The van der Waals surface area contributed by atoms with Gasteiger partial charge in [0.2, 0.25) is 5.91 Å². The molecular formula is C27H28F3N3O3S. The zero-order valence-electron chi connectivity index (χ0n) is 20.2. The molecule has 3 aromatic rings. The minimum atomic E-state index is -4.76. The topological polar surface area (TPSA) is 79.4 Å². The summed E-state index contributed by atoms with van der Waals surface area (Å²) in [5.41, 5.74) is 2.17. The highest BCUT2D eigenvalue weighted by molar-refractivity contribution is 7.91. The summed E-state index contributed by atoms with van der Waals surface area (Å²) in [7, 11) is -2.15. The van der Waals surface area contributed by atoms with E-state index in [0.717, 1.165) is 18.2 Å². The Hall–Kier alpha value is -3.40. The summed E-state index contributed by atoms with van der Waals surface area (Å²) in [4.78, 5) is 17.6. The molecule has 0 unspecified atom stereocenters. The molecule has 1 aliphatic heterocycles. The number of benzene rings is 2. The second kappa shape index (κ2) is 10.9. The van der Waals surface area contributed by atoms with Crippen molar-refractivity contribution in [1.82, 2.24) is 9.88 Å². The Kier molecular flexibility index (Phi) is 7.87. The van der Waals surface area contributed by atoms with Crippen molar-refractivity contribution in [2.24, 2.45) is 5.92 Å². The lowest BCUT2D eigenvalue weighted by molar-refractivity contribution is -0.191. The Balaban J connectivity index is 1.56. The van der Waals surface area contributed by atoms with Crippen LogP contribution in [0.5, 0.6) is 0 Å². The van der Waals surface area contributed by atoms with Crippen LogP contribution in [0.2, 0.25) is 0 Å². The van der Waals surface area contributed by atoms with Crippen molar-refractivity contribution < 1.29 is 26.4 Å². The quantitative estimate of drug-likeness (QED) is 0.455. The molecule has 4 rings (SSSR count). The molecule has 1 saturated heterocycles. The summed E-state index contributed by atoms with van der Waals surface area (Å²) in [5, 5.41) is 3.35. The molecule has 1 aliphatic rings. The summed E-state index contributed by atoms with van der Waals surface area (Å²) < 4.78 is 65.7. The van der Waals surface area contributed by atoms with Crippen LogP contribution in [0.4, 0.5) is 18.9 Å². The molecule has 0 bridgehead atoms. The lowest BCUT2D eigenvalue weighted by Crippen LogP contribution is -2.44. The monoisotopic (exact) mass is 531 g/mol. The van der Waals surface area contributed by atoms with Gasteiger partial charge in [0.15, 0.2) is 6.04 Å². The molecule has 37 heavy (non-hydrogen) atoms. The maximum atomic E-state index is 14.1. The predicted octanol–water partition coefficient (Wildman–Crippen LogP) is 5.17. The third kappa shape index (κ3) is 6.49. The molecule has 1 N–H and O–H groups in total. The Labute approximate surface area is 214 Å². The van der Waals surface area contributed by atoms with Gasteiger partial charge in [0, 0.05) is 13.0 Å². The van der Waals surface area contributed by atoms with Gasteiger partial charge >= 0.3 is 6.18 Å². The van der Waals surface area contributed by atoms with Crippen LogP contribution in [0.3, 0.4) is 0 Å². The van der Waals surface area contributed by atoms with Crippen molar-refractivity contribution in [3.63, 3.8) is 0 Å². The molecule has 0 spiro atoms. The van der Waals surface area contributed by atoms with Gasteiger partial charge in [0.1, 0.15) is 9.84 Å². The minimum Gasteiger partial charge on any atom is -0.373 e. The van der Waals surface area contributed by atoms with E-state index in [0.29, 0.717) is 10.6 Å². The van der Waals surface area contributed by atoms with Gasteiger partial charge in [0.25, 0.3) is 0 Å². The van der Waals surface area contributed by atoms with Crippen LogP contribution < -0.4 is 5.32 Å². The van der Waals surface area contributed by atoms with Crippen LogP contribution in [0, 0.1) is 5.92 Å². The normalized spacial score (nSPS) is 16.8. The van der Waals surface area contributed by atoms with Crippen molar-refractivity contribution in [2.45, 2.75) is 31.1 Å². The number of carbonyl (C=O) groups is 1. The van der Waals surface area contributed by atoms with E-state index < -0.39 is 33.9 Å². The van der Waals surface area contributed by atoms with Crippen molar-refractivity contribution >= 4 is 21.4 Å². The molecule has 1 atom stereocenters. The van der Waals surface area contributed by atoms with E-state index >= 15 is 0 Å². The average Bonchev–Trinajstić information content (AvgIpc) is 2.88. The Morgan fingerprint density at radius 1 is 0.946 bits per heavy atom. The average molecular weight is 532 g/mol. The third-order valence-corrected chi connectivity index (χ3v) is 8.31. The number of rotatable bonds is 7. The van der Waals surface area contributed by atoms with Crippen LogP contribution in [-0.4, -0.2) is 48.9 Å². The highest BCUT2D eigenvalue weighted by atomic mass is 32.2. The third-order valence-electron chi connectivity index (χ3n) is 6.59. The number of hydrogen-bond donors (Lipinski definition) is 1. The number of nitrogens with one attached hydrogen (secondary N) is 1. The second-order valence-corrected chi connectivity index (χ2v) is 11.5. The summed E-state index contributed by atoms with van der Waals surface area (Å²) in [6, 6.07) is 19.6. The van der Waals surface area contributed by atoms with E-state index in [-0.39, 0.29) is 36.1 Å². The highest BCUT2D eigenvalue weighted by Gasteiger charge is 2.47. The van der Waals surface area contributed by atoms with Crippen molar-refractivity contribution in [3.8, 4) is 0 Å². The number of sulfone groups is 1. The summed E-state index contributed by atoms with van der Waals surface area (Å²) in [6.07, 6.45) is -3.39. The van der Waals surface area contributed by atoms with Crippen LogP contribution in [0.25, 0.3) is 0 Å². The molecule has 2 aromatic carbocycles. The van der Waals surface area contributed by atoms with Crippen molar-refractivity contribution in [1.29, 1.82) is 0 Å². The van der Waals surface area contributed by atoms with Crippen LogP contribution >= 0.6 is 0 Å². The number of alkyl halides is 3. The van der Waals surface area contributed by atoms with Crippen molar-refractivity contribution in [2.75, 3.05) is 23.9 Å². The van der Waals surface area contributed by atoms with Crippen LogP contribution in [0.1, 0.15) is 41.7 Å². The number of anilines is 1. The van der Waals surface area contributed by atoms with Gasteiger partial charge in [-0.3, -0.25) is 9.78 Å².